The summed E-state index contributed by atoms with van der Waals surface area (Å²) in [6.07, 6.45) is 2.32. The van der Waals surface area contributed by atoms with E-state index in [0.717, 1.165) is 13.0 Å². The van der Waals surface area contributed by atoms with Crippen molar-refractivity contribution < 1.29 is 9.90 Å². The highest BCUT2D eigenvalue weighted by Crippen LogP contribution is 2.24. The number of aromatic hydroxyl groups is 1. The lowest BCUT2D eigenvalue weighted by Crippen LogP contribution is -2.38. The number of halogens is 1. The zero-order chi connectivity index (χ0) is 13.1. The fourth-order valence-electron chi connectivity index (χ4n) is 2.20. The molecule has 1 amide bonds. The largest absolute Gasteiger partial charge is 0.507 e. The van der Waals surface area contributed by atoms with Gasteiger partial charge in [-0.3, -0.25) is 4.79 Å². The van der Waals surface area contributed by atoms with Crippen LogP contribution in [0.3, 0.4) is 0 Å². The third kappa shape index (κ3) is 3.03. The van der Waals surface area contributed by atoms with Crippen molar-refractivity contribution in [2.75, 3.05) is 20.1 Å². The van der Waals surface area contributed by atoms with Crippen LogP contribution in [0.25, 0.3) is 0 Å². The number of hydrogen-bond donors (Lipinski definition) is 2. The molecule has 1 heterocycles. The van der Waals surface area contributed by atoms with Crippen LogP contribution in [0.2, 0.25) is 0 Å². The highest BCUT2D eigenvalue weighted by atomic mass is 79.9. The van der Waals surface area contributed by atoms with Crippen LogP contribution >= 0.6 is 15.9 Å². The van der Waals surface area contributed by atoms with Gasteiger partial charge < -0.3 is 15.3 Å². The number of benzene rings is 1. The van der Waals surface area contributed by atoms with E-state index in [0.29, 0.717) is 22.6 Å². The number of carbonyl (C=O) groups is 1. The van der Waals surface area contributed by atoms with Gasteiger partial charge in [0, 0.05) is 18.2 Å². The Morgan fingerprint density at radius 1 is 1.61 bits per heavy atom. The molecule has 1 saturated heterocycles. The molecular weight excluding hydrogens is 296 g/mol. The fourth-order valence-corrected chi connectivity index (χ4v) is 2.45. The normalized spacial score (nSPS) is 20.0. The van der Waals surface area contributed by atoms with Crippen molar-refractivity contribution in [3.05, 3.63) is 28.2 Å². The Balaban J connectivity index is 1.93. The second-order valence-electron chi connectivity index (χ2n) is 4.65. The highest BCUT2D eigenvalue weighted by molar-refractivity contribution is 9.10. The Morgan fingerprint density at radius 3 is 3.00 bits per heavy atom. The van der Waals surface area contributed by atoms with Crippen LogP contribution in [-0.4, -0.2) is 42.1 Å². The molecule has 5 heteroatoms. The van der Waals surface area contributed by atoms with Gasteiger partial charge in [-0.1, -0.05) is 0 Å². The maximum absolute atomic E-state index is 11.9. The van der Waals surface area contributed by atoms with Crippen molar-refractivity contribution in [1.29, 1.82) is 0 Å². The van der Waals surface area contributed by atoms with Crippen LogP contribution in [0.4, 0.5) is 0 Å². The van der Waals surface area contributed by atoms with E-state index in [9.17, 15) is 9.90 Å². The summed E-state index contributed by atoms with van der Waals surface area (Å²) < 4.78 is 0.592. The second-order valence-corrected chi connectivity index (χ2v) is 5.51. The first kappa shape index (κ1) is 13.4. The van der Waals surface area contributed by atoms with Crippen LogP contribution in [0.1, 0.15) is 23.2 Å². The second kappa shape index (κ2) is 5.71. The van der Waals surface area contributed by atoms with E-state index in [4.69, 9.17) is 0 Å². The van der Waals surface area contributed by atoms with E-state index in [1.807, 2.05) is 0 Å². The van der Waals surface area contributed by atoms with Gasteiger partial charge in [0.05, 0.1) is 4.47 Å². The zero-order valence-electron chi connectivity index (χ0n) is 10.3. The van der Waals surface area contributed by atoms with Crippen LogP contribution in [0, 0.1) is 0 Å². The number of likely N-dealkylation sites (tertiary alicyclic amines) is 1. The lowest BCUT2D eigenvalue weighted by molar-refractivity contribution is 0.0943. The van der Waals surface area contributed by atoms with E-state index in [-0.39, 0.29) is 11.7 Å². The van der Waals surface area contributed by atoms with Gasteiger partial charge in [0.2, 0.25) is 0 Å². The summed E-state index contributed by atoms with van der Waals surface area (Å²) in [6.45, 7) is 1.76. The minimum atomic E-state index is -0.141. The minimum Gasteiger partial charge on any atom is -0.507 e. The Hall–Kier alpha value is -1.07. The highest BCUT2D eigenvalue weighted by Gasteiger charge is 2.21. The molecule has 4 nitrogen and oxygen atoms in total. The zero-order valence-corrected chi connectivity index (χ0v) is 11.9. The summed E-state index contributed by atoms with van der Waals surface area (Å²) in [4.78, 5) is 14.2. The number of nitrogens with one attached hydrogen (secondary N) is 1. The molecule has 0 saturated carbocycles. The molecule has 2 rings (SSSR count). The topological polar surface area (TPSA) is 52.6 Å². The van der Waals surface area contributed by atoms with Gasteiger partial charge in [0.15, 0.2) is 0 Å². The Labute approximate surface area is 115 Å². The predicted octanol–water partition coefficient (Wildman–Crippen LogP) is 1.98. The van der Waals surface area contributed by atoms with Crippen LogP contribution < -0.4 is 5.32 Å². The standard InChI is InChI=1S/C13H17BrN2O2/c1-16-6-2-3-10(16)8-15-13(18)9-4-5-11(14)12(17)7-9/h4-5,7,10,17H,2-3,6,8H2,1H3,(H,15,18). The first-order valence-electron chi connectivity index (χ1n) is 6.05. The molecule has 0 radical (unpaired) electrons. The summed E-state index contributed by atoms with van der Waals surface area (Å²) in [5.74, 6) is -0.0567. The molecule has 0 bridgehead atoms. The summed E-state index contributed by atoms with van der Waals surface area (Å²) >= 11 is 3.19. The summed E-state index contributed by atoms with van der Waals surface area (Å²) in [7, 11) is 2.08. The Kier molecular flexibility index (Phi) is 4.24. The minimum absolute atomic E-state index is 0.0839. The maximum Gasteiger partial charge on any atom is 0.251 e. The van der Waals surface area contributed by atoms with Gasteiger partial charge in [-0.2, -0.15) is 0 Å². The van der Waals surface area contributed by atoms with Crippen LogP contribution in [0.5, 0.6) is 5.75 Å². The molecule has 2 N–H and O–H groups in total. The van der Waals surface area contributed by atoms with Gasteiger partial charge in [0.1, 0.15) is 5.75 Å². The molecule has 0 spiro atoms. The van der Waals surface area contributed by atoms with Crippen molar-refractivity contribution in [1.82, 2.24) is 10.2 Å². The van der Waals surface area contributed by atoms with E-state index < -0.39 is 0 Å². The molecule has 1 aromatic rings. The van der Waals surface area contributed by atoms with Crippen LogP contribution in [-0.2, 0) is 0 Å². The molecule has 1 aromatic carbocycles. The number of amides is 1. The average Bonchev–Trinajstić information content (AvgIpc) is 2.75. The van der Waals surface area contributed by atoms with Gasteiger partial charge in [-0.05, 0) is 60.6 Å². The Bertz CT molecular complexity index is 451. The van der Waals surface area contributed by atoms with Crippen molar-refractivity contribution in [3.8, 4) is 5.75 Å². The third-order valence-electron chi connectivity index (χ3n) is 3.38. The molecule has 1 fully saturated rings. The van der Waals surface area contributed by atoms with E-state index in [1.54, 1.807) is 12.1 Å². The van der Waals surface area contributed by atoms with Crippen molar-refractivity contribution in [2.24, 2.45) is 0 Å². The molecule has 98 valence electrons. The van der Waals surface area contributed by atoms with Gasteiger partial charge in [-0.25, -0.2) is 0 Å². The van der Waals surface area contributed by atoms with Crippen molar-refractivity contribution in [2.45, 2.75) is 18.9 Å². The number of hydrogen-bond acceptors (Lipinski definition) is 3. The molecule has 1 aliphatic rings. The SMILES string of the molecule is CN1CCCC1CNC(=O)c1ccc(Br)c(O)c1. The van der Waals surface area contributed by atoms with Gasteiger partial charge >= 0.3 is 0 Å². The average molecular weight is 313 g/mol. The molecular formula is C13H17BrN2O2. The molecule has 18 heavy (non-hydrogen) atoms. The summed E-state index contributed by atoms with van der Waals surface area (Å²) in [6, 6.07) is 5.26. The number of likely N-dealkylation sites (N-methyl/N-ethyl adjacent to an activating group) is 1. The molecule has 1 unspecified atom stereocenters. The molecule has 1 atom stereocenters. The smallest absolute Gasteiger partial charge is 0.251 e. The fraction of sp³-hybridized carbons (Fsp3) is 0.462. The maximum atomic E-state index is 11.9. The Morgan fingerprint density at radius 2 is 2.39 bits per heavy atom. The molecule has 0 aromatic heterocycles. The first-order chi connectivity index (χ1) is 8.58. The summed E-state index contributed by atoms with van der Waals surface area (Å²) in [5.41, 5.74) is 0.483. The third-order valence-corrected chi connectivity index (χ3v) is 4.05. The lowest BCUT2D eigenvalue weighted by Gasteiger charge is -2.19. The van der Waals surface area contributed by atoms with Gasteiger partial charge in [0.25, 0.3) is 5.91 Å². The number of phenolic OH excluding ortho intramolecular Hbond substituents is 1. The first-order valence-corrected chi connectivity index (χ1v) is 6.84. The lowest BCUT2D eigenvalue weighted by atomic mass is 10.2. The van der Waals surface area contributed by atoms with Crippen molar-refractivity contribution >= 4 is 21.8 Å². The molecule has 1 aliphatic heterocycles. The van der Waals surface area contributed by atoms with E-state index >= 15 is 0 Å². The number of nitrogens with zero attached hydrogens (tertiary/aromatic N) is 1. The van der Waals surface area contributed by atoms with Crippen molar-refractivity contribution in [3.63, 3.8) is 0 Å². The monoisotopic (exact) mass is 312 g/mol. The molecule has 0 aliphatic carbocycles. The van der Waals surface area contributed by atoms with E-state index in [2.05, 4.69) is 33.2 Å². The number of carbonyl (C=O) groups excluding carboxylic acids is 1. The predicted molar refractivity (Wildman–Crippen MR) is 73.8 cm³/mol. The quantitative estimate of drug-likeness (QED) is 0.897. The number of rotatable bonds is 3. The van der Waals surface area contributed by atoms with Gasteiger partial charge in [-0.15, -0.1) is 0 Å². The van der Waals surface area contributed by atoms with Crippen LogP contribution in [0.15, 0.2) is 22.7 Å². The summed E-state index contributed by atoms with van der Waals surface area (Å²) in [5, 5.41) is 12.4. The van der Waals surface area contributed by atoms with E-state index in [1.165, 1.54) is 12.5 Å². The number of phenols is 1.